The monoisotopic (exact) mass is 576 g/mol. The molecule has 222 valence electrons. The predicted octanol–water partition coefficient (Wildman–Crippen LogP) is 1.14. The van der Waals surface area contributed by atoms with Gasteiger partial charge in [-0.25, -0.2) is 9.59 Å². The SMILES string of the molecule is COC(=O)[C@@]12OC[C@]34C([C@@H](O)[C@H]1O)[C@@]1(C)CC(=O)C(O)=C(C)C1C[C@H]3OC(=O)[C@H](OC(=O)CC(C)C(F)(F)F)[C@@H]24. The molecule has 11 atom stereocenters. The van der Waals surface area contributed by atoms with Crippen LogP contribution < -0.4 is 0 Å². The van der Waals surface area contributed by atoms with E-state index in [0.717, 1.165) is 14.0 Å². The van der Waals surface area contributed by atoms with Crippen molar-refractivity contribution < 1.29 is 66.6 Å². The summed E-state index contributed by atoms with van der Waals surface area (Å²) in [5, 5.41) is 33.5. The van der Waals surface area contributed by atoms with Crippen LogP contribution in [0.2, 0.25) is 0 Å². The number of carbonyl (C=O) groups excluding carboxylic acids is 4. The van der Waals surface area contributed by atoms with E-state index in [2.05, 4.69) is 0 Å². The molecule has 2 saturated carbocycles. The Labute approximate surface area is 226 Å². The standard InChI is InChI=1S/C26H31F3O11/c1-9(26(27,28)29)5-14(31)40-17-19-24-8-38-25(19,22(36)37-4)20(34)16(33)18(24)23(3)7-12(30)15(32)10(2)11(23)6-13(24)39-21(17)35/h9,11,13,16-20,32-34H,5-8H2,1-4H3/t9?,11?,13-,16-,17-,18?,19-,20-,23+,24-,25+/m1/s1. The minimum Gasteiger partial charge on any atom is -0.504 e. The second kappa shape index (κ2) is 8.89. The van der Waals surface area contributed by atoms with Crippen LogP contribution in [0.25, 0.3) is 0 Å². The van der Waals surface area contributed by atoms with Gasteiger partial charge >= 0.3 is 24.1 Å². The molecule has 2 aliphatic heterocycles. The van der Waals surface area contributed by atoms with Gasteiger partial charge in [-0.05, 0) is 30.3 Å². The minimum atomic E-state index is -4.72. The van der Waals surface area contributed by atoms with Crippen molar-refractivity contribution >= 4 is 23.7 Å². The summed E-state index contributed by atoms with van der Waals surface area (Å²) in [6.45, 7) is 3.60. The topological polar surface area (TPSA) is 166 Å². The molecule has 0 radical (unpaired) electrons. The fourth-order valence-electron chi connectivity index (χ4n) is 8.41. The van der Waals surface area contributed by atoms with Gasteiger partial charge in [-0.1, -0.05) is 13.8 Å². The summed E-state index contributed by atoms with van der Waals surface area (Å²) in [5.74, 6) is -10.1. The molecule has 40 heavy (non-hydrogen) atoms. The van der Waals surface area contributed by atoms with E-state index in [1.165, 1.54) is 6.92 Å². The van der Waals surface area contributed by atoms with Crippen LogP contribution in [0.15, 0.2) is 11.3 Å². The highest BCUT2D eigenvalue weighted by molar-refractivity contribution is 5.95. The zero-order valence-electron chi connectivity index (χ0n) is 22.2. The average molecular weight is 577 g/mol. The van der Waals surface area contributed by atoms with E-state index in [0.29, 0.717) is 5.57 Å². The van der Waals surface area contributed by atoms with Crippen LogP contribution in [0.4, 0.5) is 13.2 Å². The fraction of sp³-hybridized carbons (Fsp3) is 0.769. The number of halogens is 3. The van der Waals surface area contributed by atoms with Gasteiger partial charge in [0.05, 0.1) is 38.1 Å². The zero-order valence-corrected chi connectivity index (χ0v) is 22.2. The number of esters is 3. The van der Waals surface area contributed by atoms with Gasteiger partial charge in [0.1, 0.15) is 12.2 Å². The van der Waals surface area contributed by atoms with E-state index in [-0.39, 0.29) is 19.4 Å². The van der Waals surface area contributed by atoms with Crippen LogP contribution in [0.3, 0.4) is 0 Å². The Morgan fingerprint density at radius 3 is 2.45 bits per heavy atom. The lowest BCUT2D eigenvalue weighted by atomic mass is 9.38. The second-order valence-corrected chi connectivity index (χ2v) is 12.0. The summed E-state index contributed by atoms with van der Waals surface area (Å²) in [4.78, 5) is 52.2. The Hall–Kier alpha value is -2.71. The Morgan fingerprint density at radius 1 is 1.20 bits per heavy atom. The smallest absolute Gasteiger partial charge is 0.392 e. The molecule has 14 heteroatoms. The van der Waals surface area contributed by atoms with Gasteiger partial charge < -0.3 is 34.3 Å². The number of aliphatic hydroxyl groups excluding tert-OH is 3. The van der Waals surface area contributed by atoms with Crippen LogP contribution in [-0.2, 0) is 38.1 Å². The van der Waals surface area contributed by atoms with Crippen molar-refractivity contribution in [3.63, 3.8) is 0 Å². The third-order valence-corrected chi connectivity index (χ3v) is 10.1. The van der Waals surface area contributed by atoms with Gasteiger partial charge in [0, 0.05) is 17.8 Å². The molecule has 0 aromatic heterocycles. The number of hydrogen-bond donors (Lipinski definition) is 3. The third kappa shape index (κ3) is 3.47. The Morgan fingerprint density at radius 2 is 1.85 bits per heavy atom. The number of ether oxygens (including phenoxy) is 4. The van der Waals surface area contributed by atoms with Crippen molar-refractivity contribution in [1.29, 1.82) is 0 Å². The van der Waals surface area contributed by atoms with Crippen molar-refractivity contribution in [3.8, 4) is 0 Å². The van der Waals surface area contributed by atoms with Crippen LogP contribution in [0.1, 0.15) is 40.0 Å². The number of alkyl halides is 3. The maximum absolute atomic E-state index is 13.4. The zero-order chi connectivity index (χ0) is 29.7. The van der Waals surface area contributed by atoms with Gasteiger partial charge in [-0.3, -0.25) is 9.59 Å². The van der Waals surface area contributed by atoms with Gasteiger partial charge in [-0.2, -0.15) is 13.2 Å². The first kappa shape index (κ1) is 28.8. The largest absolute Gasteiger partial charge is 0.504 e. The molecule has 2 bridgehead atoms. The van der Waals surface area contributed by atoms with Gasteiger partial charge in [0.15, 0.2) is 11.5 Å². The van der Waals surface area contributed by atoms with Crippen LogP contribution in [0.5, 0.6) is 0 Å². The third-order valence-electron chi connectivity index (χ3n) is 10.1. The molecule has 5 rings (SSSR count). The summed E-state index contributed by atoms with van der Waals surface area (Å²) in [5.41, 5.74) is -4.79. The highest BCUT2D eigenvalue weighted by Gasteiger charge is 2.85. The highest BCUT2D eigenvalue weighted by atomic mass is 19.4. The maximum Gasteiger partial charge on any atom is 0.392 e. The molecule has 4 fully saturated rings. The number of ketones is 1. The Bertz CT molecular complexity index is 1200. The van der Waals surface area contributed by atoms with E-state index in [1.807, 2.05) is 0 Å². The van der Waals surface area contributed by atoms with Crippen molar-refractivity contribution in [2.24, 2.45) is 34.5 Å². The van der Waals surface area contributed by atoms with E-state index in [9.17, 15) is 47.7 Å². The highest BCUT2D eigenvalue weighted by Crippen LogP contribution is 2.72. The van der Waals surface area contributed by atoms with Gasteiger partial charge in [0.25, 0.3) is 0 Å². The number of aliphatic hydroxyl groups is 3. The number of methoxy groups -OCH3 is 1. The molecule has 2 heterocycles. The predicted molar refractivity (Wildman–Crippen MR) is 123 cm³/mol. The molecule has 2 saturated heterocycles. The van der Waals surface area contributed by atoms with Crippen LogP contribution in [-0.4, -0.2) is 88.9 Å². The number of allylic oxidation sites excluding steroid dienone is 2. The van der Waals surface area contributed by atoms with E-state index >= 15 is 0 Å². The van der Waals surface area contributed by atoms with E-state index in [1.54, 1.807) is 6.92 Å². The first-order valence-corrected chi connectivity index (χ1v) is 13.0. The summed E-state index contributed by atoms with van der Waals surface area (Å²) < 4.78 is 61.3. The lowest BCUT2D eigenvalue weighted by molar-refractivity contribution is -0.290. The first-order chi connectivity index (χ1) is 18.5. The van der Waals surface area contributed by atoms with Gasteiger partial charge in [-0.15, -0.1) is 0 Å². The van der Waals surface area contributed by atoms with Crippen molar-refractivity contribution in [1.82, 2.24) is 0 Å². The maximum atomic E-state index is 13.4. The lowest BCUT2D eigenvalue weighted by Crippen LogP contribution is -2.79. The van der Waals surface area contributed by atoms with Gasteiger partial charge in [0.2, 0.25) is 11.7 Å². The molecule has 1 spiro atoms. The van der Waals surface area contributed by atoms with Crippen LogP contribution >= 0.6 is 0 Å². The molecule has 0 aromatic rings. The van der Waals surface area contributed by atoms with Crippen molar-refractivity contribution in [2.75, 3.05) is 13.7 Å². The molecular formula is C26H31F3O11. The molecule has 3 aliphatic carbocycles. The second-order valence-electron chi connectivity index (χ2n) is 12.0. The fourth-order valence-corrected chi connectivity index (χ4v) is 8.41. The molecule has 0 amide bonds. The normalized spacial score (nSPS) is 44.8. The van der Waals surface area contributed by atoms with E-state index < -0.39 is 107 Å². The summed E-state index contributed by atoms with van der Waals surface area (Å²) >= 11 is 0. The molecule has 5 aliphatic rings. The average Bonchev–Trinajstić information content (AvgIpc) is 3.17. The Kier molecular flexibility index (Phi) is 6.40. The number of Topliss-reactive ketones (excluding diaryl/α,β-unsaturated/α-hetero) is 1. The minimum absolute atomic E-state index is 0.0353. The summed E-state index contributed by atoms with van der Waals surface area (Å²) in [6.07, 6.45) is -12.9. The molecule has 0 aromatic carbocycles. The summed E-state index contributed by atoms with van der Waals surface area (Å²) in [7, 11) is 0.982. The van der Waals surface area contributed by atoms with Crippen molar-refractivity contribution in [2.45, 2.75) is 76.2 Å². The molecule has 11 nitrogen and oxygen atoms in total. The number of carbonyl (C=O) groups is 4. The Balaban J connectivity index is 1.66. The summed E-state index contributed by atoms with van der Waals surface area (Å²) in [6, 6.07) is 0. The lowest BCUT2D eigenvalue weighted by Gasteiger charge is -2.67. The quantitative estimate of drug-likeness (QED) is 0.325. The van der Waals surface area contributed by atoms with E-state index in [4.69, 9.17) is 18.9 Å². The first-order valence-electron chi connectivity index (χ1n) is 13.0. The molecular weight excluding hydrogens is 545 g/mol. The molecule has 3 N–H and O–H groups in total. The molecule has 3 unspecified atom stereocenters. The number of hydrogen-bond acceptors (Lipinski definition) is 11. The number of rotatable bonds is 4. The van der Waals surface area contributed by atoms with Crippen molar-refractivity contribution in [3.05, 3.63) is 11.3 Å². The van der Waals surface area contributed by atoms with Crippen LogP contribution in [0, 0.1) is 34.5 Å². The number of fused-ring (bicyclic) bond motifs is 2.